The highest BCUT2D eigenvalue weighted by Crippen LogP contribution is 2.32. The summed E-state index contributed by atoms with van der Waals surface area (Å²) in [5.74, 6) is 0. The molecule has 9 heteroatoms. The van der Waals surface area contributed by atoms with Crippen LogP contribution in [-0.2, 0) is 10.9 Å². The van der Waals surface area contributed by atoms with Gasteiger partial charge in [0.05, 0.1) is 17.1 Å². The molecule has 1 aliphatic rings. The van der Waals surface area contributed by atoms with Gasteiger partial charge in [0.1, 0.15) is 11.1 Å². The first-order chi connectivity index (χ1) is 12.0. The van der Waals surface area contributed by atoms with E-state index in [1.165, 1.54) is 6.07 Å². The van der Waals surface area contributed by atoms with Crippen molar-refractivity contribution in [2.75, 3.05) is 13.1 Å². The lowest BCUT2D eigenvalue weighted by Crippen LogP contribution is -2.42. The minimum Gasteiger partial charge on any atom is -0.444 e. The van der Waals surface area contributed by atoms with E-state index >= 15 is 0 Å². The molecule has 0 unspecified atom stereocenters. The van der Waals surface area contributed by atoms with Crippen molar-refractivity contribution in [3.05, 3.63) is 23.8 Å². The molecule has 142 valence electrons. The maximum atomic E-state index is 12.8. The topological polar surface area (TPSA) is 60.2 Å². The van der Waals surface area contributed by atoms with Crippen LogP contribution in [0.1, 0.15) is 45.2 Å². The Morgan fingerprint density at radius 2 is 1.85 bits per heavy atom. The number of halogens is 3. The molecule has 1 fully saturated rings. The molecule has 1 aliphatic heterocycles. The number of likely N-dealkylation sites (tertiary alicyclic amines) is 1. The fourth-order valence-corrected chi connectivity index (χ4v) is 3.01. The summed E-state index contributed by atoms with van der Waals surface area (Å²) >= 11 is 0. The number of alkyl halides is 3. The van der Waals surface area contributed by atoms with Gasteiger partial charge in [0.2, 0.25) is 0 Å². The summed E-state index contributed by atoms with van der Waals surface area (Å²) in [4.78, 5) is 13.8. The number of carbonyl (C=O) groups is 1. The average Bonchev–Trinajstić information content (AvgIpc) is 2.95. The lowest BCUT2D eigenvalue weighted by atomic mass is 10.1. The Bertz CT molecular complexity index is 802. The monoisotopic (exact) mass is 370 g/mol. The first-order valence-corrected chi connectivity index (χ1v) is 8.45. The predicted octanol–water partition coefficient (Wildman–Crippen LogP) is 4.02. The van der Waals surface area contributed by atoms with Crippen molar-refractivity contribution in [3.8, 4) is 0 Å². The van der Waals surface area contributed by atoms with Gasteiger partial charge in [0, 0.05) is 13.1 Å². The van der Waals surface area contributed by atoms with E-state index in [0.29, 0.717) is 31.4 Å². The highest BCUT2D eigenvalue weighted by Gasteiger charge is 2.32. The Morgan fingerprint density at radius 3 is 2.42 bits per heavy atom. The molecule has 2 heterocycles. The Hall–Kier alpha value is -2.32. The Morgan fingerprint density at radius 1 is 1.19 bits per heavy atom. The van der Waals surface area contributed by atoms with Crippen LogP contribution in [0.2, 0.25) is 0 Å². The fraction of sp³-hybridized carbons (Fsp3) is 0.588. The Balaban J connectivity index is 1.71. The molecule has 1 saturated heterocycles. The van der Waals surface area contributed by atoms with E-state index in [0.717, 1.165) is 12.1 Å². The van der Waals surface area contributed by atoms with Crippen LogP contribution in [0.4, 0.5) is 18.0 Å². The van der Waals surface area contributed by atoms with E-state index in [2.05, 4.69) is 10.3 Å². The number of carbonyl (C=O) groups excluding carboxylic acids is 1. The van der Waals surface area contributed by atoms with Gasteiger partial charge < -0.3 is 9.64 Å². The molecule has 1 amide bonds. The zero-order valence-electron chi connectivity index (χ0n) is 14.9. The molecule has 0 bridgehead atoms. The number of rotatable bonds is 1. The molecule has 0 atom stereocenters. The SMILES string of the molecule is CC(C)(C)OC(=O)N1CCC(n2nnc3cc(C(F)(F)F)ccc32)CC1. The number of piperidine rings is 1. The summed E-state index contributed by atoms with van der Waals surface area (Å²) in [5.41, 5.74) is -0.508. The van der Waals surface area contributed by atoms with Gasteiger partial charge in [-0.05, 0) is 51.8 Å². The molecule has 1 aromatic heterocycles. The number of amides is 1. The number of aromatic nitrogens is 3. The van der Waals surface area contributed by atoms with Crippen molar-refractivity contribution in [2.24, 2.45) is 0 Å². The summed E-state index contributed by atoms with van der Waals surface area (Å²) < 4.78 is 45.4. The molecule has 1 aromatic carbocycles. The van der Waals surface area contributed by atoms with E-state index in [1.807, 2.05) is 20.8 Å². The maximum absolute atomic E-state index is 12.8. The predicted molar refractivity (Wildman–Crippen MR) is 88.6 cm³/mol. The normalized spacial score (nSPS) is 16.9. The third-order valence-electron chi connectivity index (χ3n) is 4.26. The minimum atomic E-state index is -4.41. The van der Waals surface area contributed by atoms with Crippen LogP contribution in [0.25, 0.3) is 11.0 Å². The lowest BCUT2D eigenvalue weighted by Gasteiger charge is -2.33. The molecule has 0 saturated carbocycles. The van der Waals surface area contributed by atoms with Gasteiger partial charge in [-0.3, -0.25) is 0 Å². The van der Waals surface area contributed by atoms with Crippen LogP contribution in [-0.4, -0.2) is 44.7 Å². The largest absolute Gasteiger partial charge is 0.444 e. The lowest BCUT2D eigenvalue weighted by molar-refractivity contribution is -0.137. The molecule has 26 heavy (non-hydrogen) atoms. The quantitative estimate of drug-likeness (QED) is 0.761. The minimum absolute atomic E-state index is 0.0181. The van der Waals surface area contributed by atoms with Crippen LogP contribution in [0.15, 0.2) is 18.2 Å². The highest BCUT2D eigenvalue weighted by molar-refractivity contribution is 5.75. The van der Waals surface area contributed by atoms with Crippen molar-refractivity contribution in [1.82, 2.24) is 19.9 Å². The van der Waals surface area contributed by atoms with E-state index in [9.17, 15) is 18.0 Å². The van der Waals surface area contributed by atoms with Gasteiger partial charge in [0.15, 0.2) is 0 Å². The van der Waals surface area contributed by atoms with Gasteiger partial charge in [-0.2, -0.15) is 13.2 Å². The van der Waals surface area contributed by atoms with Crippen molar-refractivity contribution < 1.29 is 22.7 Å². The molecule has 0 spiro atoms. The molecular weight excluding hydrogens is 349 g/mol. The zero-order chi connectivity index (χ0) is 19.1. The third-order valence-corrected chi connectivity index (χ3v) is 4.26. The smallest absolute Gasteiger partial charge is 0.416 e. The van der Waals surface area contributed by atoms with E-state index in [1.54, 1.807) is 9.58 Å². The molecule has 6 nitrogen and oxygen atoms in total. The van der Waals surface area contributed by atoms with E-state index in [4.69, 9.17) is 4.74 Å². The number of hydrogen-bond acceptors (Lipinski definition) is 4. The second kappa shape index (κ2) is 6.44. The standard InChI is InChI=1S/C17H21F3N4O2/c1-16(2,3)26-15(25)23-8-6-12(7-9-23)24-14-5-4-11(17(18,19)20)10-13(14)21-22-24/h4-5,10,12H,6-9H2,1-3H3. The maximum Gasteiger partial charge on any atom is 0.416 e. The van der Waals surface area contributed by atoms with Crippen molar-refractivity contribution in [3.63, 3.8) is 0 Å². The van der Waals surface area contributed by atoms with Gasteiger partial charge in [-0.25, -0.2) is 9.48 Å². The Kier molecular flexibility index (Phi) is 4.58. The molecule has 0 radical (unpaired) electrons. The van der Waals surface area contributed by atoms with E-state index in [-0.39, 0.29) is 17.7 Å². The van der Waals surface area contributed by atoms with E-state index < -0.39 is 17.3 Å². The van der Waals surface area contributed by atoms with Gasteiger partial charge in [0.25, 0.3) is 0 Å². The zero-order valence-corrected chi connectivity index (χ0v) is 14.9. The number of hydrogen-bond donors (Lipinski definition) is 0. The molecule has 3 rings (SSSR count). The number of fused-ring (bicyclic) bond motifs is 1. The summed E-state index contributed by atoms with van der Waals surface area (Å²) in [6, 6.07) is 3.43. The van der Waals surface area contributed by atoms with Crippen LogP contribution in [0, 0.1) is 0 Å². The van der Waals surface area contributed by atoms with Crippen LogP contribution in [0.3, 0.4) is 0 Å². The summed E-state index contributed by atoms with van der Waals surface area (Å²) in [6.45, 7) is 6.44. The highest BCUT2D eigenvalue weighted by atomic mass is 19.4. The molecular formula is C17H21F3N4O2. The van der Waals surface area contributed by atoms with Gasteiger partial charge in [-0.1, -0.05) is 5.21 Å². The second-order valence-electron chi connectivity index (χ2n) is 7.43. The number of nitrogens with zero attached hydrogens (tertiary/aromatic N) is 4. The fourth-order valence-electron chi connectivity index (χ4n) is 3.01. The average molecular weight is 370 g/mol. The van der Waals surface area contributed by atoms with Gasteiger partial charge >= 0.3 is 12.3 Å². The summed E-state index contributed by atoms with van der Waals surface area (Å²) in [7, 11) is 0. The van der Waals surface area contributed by atoms with Crippen molar-refractivity contribution >= 4 is 17.1 Å². The van der Waals surface area contributed by atoms with Crippen LogP contribution >= 0.6 is 0 Å². The number of benzene rings is 1. The van der Waals surface area contributed by atoms with Crippen LogP contribution in [0.5, 0.6) is 0 Å². The van der Waals surface area contributed by atoms with Crippen molar-refractivity contribution in [1.29, 1.82) is 0 Å². The molecule has 0 aliphatic carbocycles. The van der Waals surface area contributed by atoms with Crippen molar-refractivity contribution in [2.45, 2.75) is 51.4 Å². The second-order valence-corrected chi connectivity index (χ2v) is 7.43. The first-order valence-electron chi connectivity index (χ1n) is 8.45. The molecule has 0 N–H and O–H groups in total. The third kappa shape index (κ3) is 3.91. The summed E-state index contributed by atoms with van der Waals surface area (Å²) in [5, 5.41) is 7.91. The first kappa shape index (κ1) is 18.5. The van der Waals surface area contributed by atoms with Gasteiger partial charge in [-0.15, -0.1) is 5.10 Å². The van der Waals surface area contributed by atoms with Crippen LogP contribution < -0.4 is 0 Å². The number of ether oxygens (including phenoxy) is 1. The molecule has 2 aromatic rings. The summed E-state index contributed by atoms with van der Waals surface area (Å²) in [6.07, 6.45) is -3.48. The Labute approximate surface area is 148 Å².